The maximum Gasteiger partial charge on any atom is 0.00795 e. The topological polar surface area (TPSA) is 26.0 Å². The predicted molar refractivity (Wildman–Crippen MR) is 78.7 cm³/mol. The van der Waals surface area contributed by atoms with E-state index in [0.717, 1.165) is 12.3 Å². The molecular formula is C17H27N. The smallest absolute Gasteiger partial charge is 0.00795 e. The van der Waals surface area contributed by atoms with Crippen LogP contribution in [-0.4, -0.2) is 6.04 Å². The molecule has 0 amide bonds. The van der Waals surface area contributed by atoms with Gasteiger partial charge in [0.15, 0.2) is 0 Å². The van der Waals surface area contributed by atoms with E-state index in [0.29, 0.717) is 6.04 Å². The predicted octanol–water partition coefficient (Wildman–Crippen LogP) is 4.23. The summed E-state index contributed by atoms with van der Waals surface area (Å²) in [6.07, 6.45) is 10.8. The molecule has 1 aromatic rings. The first-order valence-electron chi connectivity index (χ1n) is 7.56. The Bertz CT molecular complexity index is 352. The molecule has 1 aliphatic carbocycles. The summed E-state index contributed by atoms with van der Waals surface area (Å²) in [5.74, 6) is 0.960. The molecule has 1 aromatic carbocycles. The van der Waals surface area contributed by atoms with Crippen molar-refractivity contribution in [2.75, 3.05) is 0 Å². The van der Waals surface area contributed by atoms with Crippen molar-refractivity contribution in [2.45, 2.75) is 64.3 Å². The molecular weight excluding hydrogens is 218 g/mol. The molecule has 0 aliphatic heterocycles. The van der Waals surface area contributed by atoms with Crippen molar-refractivity contribution < 1.29 is 0 Å². The second kappa shape index (κ2) is 6.94. The van der Waals surface area contributed by atoms with Crippen molar-refractivity contribution in [1.82, 2.24) is 0 Å². The minimum atomic E-state index is 0.341. The molecule has 100 valence electrons. The van der Waals surface area contributed by atoms with Crippen molar-refractivity contribution in [1.29, 1.82) is 0 Å². The van der Waals surface area contributed by atoms with Gasteiger partial charge in [0.2, 0.25) is 0 Å². The standard InChI is InChI=1S/C17H27N/c1-14-7-5-6-10-16(14)13-17(18)12-11-15-8-3-2-4-9-15/h5-7,10,15,17H,2-4,8-9,11-13,18H2,1H3. The lowest BCUT2D eigenvalue weighted by molar-refractivity contribution is 0.323. The summed E-state index contributed by atoms with van der Waals surface area (Å²) in [7, 11) is 0. The lowest BCUT2D eigenvalue weighted by Crippen LogP contribution is -2.24. The third-order valence-corrected chi connectivity index (χ3v) is 4.41. The van der Waals surface area contributed by atoms with Crippen molar-refractivity contribution in [3.05, 3.63) is 35.4 Å². The fourth-order valence-corrected chi connectivity index (χ4v) is 3.15. The molecule has 18 heavy (non-hydrogen) atoms. The van der Waals surface area contributed by atoms with Crippen LogP contribution in [-0.2, 0) is 6.42 Å². The second-order valence-electron chi connectivity index (χ2n) is 5.97. The summed E-state index contributed by atoms with van der Waals surface area (Å²) in [5, 5.41) is 0. The van der Waals surface area contributed by atoms with E-state index in [1.807, 2.05) is 0 Å². The molecule has 0 aromatic heterocycles. The fourth-order valence-electron chi connectivity index (χ4n) is 3.15. The van der Waals surface area contributed by atoms with Gasteiger partial charge in [-0.15, -0.1) is 0 Å². The molecule has 0 saturated heterocycles. The lowest BCUT2D eigenvalue weighted by atomic mass is 9.84. The Morgan fingerprint density at radius 3 is 2.61 bits per heavy atom. The fraction of sp³-hybridized carbons (Fsp3) is 0.647. The zero-order valence-electron chi connectivity index (χ0n) is 11.7. The van der Waals surface area contributed by atoms with Crippen LogP contribution in [0, 0.1) is 12.8 Å². The van der Waals surface area contributed by atoms with Gasteiger partial charge in [0.25, 0.3) is 0 Å². The SMILES string of the molecule is Cc1ccccc1CC(N)CCC1CCCCC1. The van der Waals surface area contributed by atoms with Gasteiger partial charge in [-0.1, -0.05) is 56.4 Å². The summed E-state index contributed by atoms with van der Waals surface area (Å²) in [5.41, 5.74) is 9.10. The highest BCUT2D eigenvalue weighted by atomic mass is 14.6. The Balaban J connectivity index is 1.74. The molecule has 1 atom stereocenters. The average molecular weight is 245 g/mol. The van der Waals surface area contributed by atoms with Crippen LogP contribution in [0.25, 0.3) is 0 Å². The Morgan fingerprint density at radius 2 is 1.89 bits per heavy atom. The molecule has 1 unspecified atom stereocenters. The third kappa shape index (κ3) is 4.13. The minimum absolute atomic E-state index is 0.341. The van der Waals surface area contributed by atoms with Crippen LogP contribution < -0.4 is 5.73 Å². The molecule has 0 spiro atoms. The molecule has 2 rings (SSSR count). The molecule has 2 N–H and O–H groups in total. The van der Waals surface area contributed by atoms with Gasteiger partial charge in [-0.05, 0) is 43.2 Å². The van der Waals surface area contributed by atoms with Crippen LogP contribution >= 0.6 is 0 Å². The number of benzene rings is 1. The Morgan fingerprint density at radius 1 is 1.17 bits per heavy atom. The third-order valence-electron chi connectivity index (χ3n) is 4.41. The minimum Gasteiger partial charge on any atom is -0.327 e. The van der Waals surface area contributed by atoms with Crippen molar-refractivity contribution in [3.8, 4) is 0 Å². The quantitative estimate of drug-likeness (QED) is 0.825. The Labute approximate surface area is 112 Å². The maximum absolute atomic E-state index is 6.29. The normalized spacial score (nSPS) is 18.8. The van der Waals surface area contributed by atoms with E-state index in [2.05, 4.69) is 31.2 Å². The van der Waals surface area contributed by atoms with Crippen LogP contribution in [0.1, 0.15) is 56.1 Å². The first-order valence-corrected chi connectivity index (χ1v) is 7.56. The van der Waals surface area contributed by atoms with E-state index in [4.69, 9.17) is 5.73 Å². The van der Waals surface area contributed by atoms with E-state index in [1.165, 1.54) is 56.1 Å². The summed E-state index contributed by atoms with van der Waals surface area (Å²) in [6, 6.07) is 8.97. The highest BCUT2D eigenvalue weighted by Crippen LogP contribution is 2.27. The molecule has 0 radical (unpaired) electrons. The van der Waals surface area contributed by atoms with Gasteiger partial charge in [-0.25, -0.2) is 0 Å². The van der Waals surface area contributed by atoms with E-state index in [1.54, 1.807) is 0 Å². The number of nitrogens with two attached hydrogens (primary N) is 1. The van der Waals surface area contributed by atoms with Crippen molar-refractivity contribution >= 4 is 0 Å². The van der Waals surface area contributed by atoms with Crippen LogP contribution in [0.15, 0.2) is 24.3 Å². The first kappa shape index (κ1) is 13.6. The van der Waals surface area contributed by atoms with Gasteiger partial charge < -0.3 is 5.73 Å². The molecule has 1 heteroatoms. The summed E-state index contributed by atoms with van der Waals surface area (Å²) < 4.78 is 0. The van der Waals surface area contributed by atoms with Gasteiger partial charge in [0.1, 0.15) is 0 Å². The zero-order valence-corrected chi connectivity index (χ0v) is 11.7. The number of hydrogen-bond acceptors (Lipinski definition) is 1. The van der Waals surface area contributed by atoms with Gasteiger partial charge >= 0.3 is 0 Å². The van der Waals surface area contributed by atoms with Gasteiger partial charge in [0, 0.05) is 6.04 Å². The van der Waals surface area contributed by atoms with Crippen molar-refractivity contribution in [2.24, 2.45) is 11.7 Å². The zero-order chi connectivity index (χ0) is 12.8. The molecule has 0 heterocycles. The molecule has 1 nitrogen and oxygen atoms in total. The van der Waals surface area contributed by atoms with Gasteiger partial charge in [0.05, 0.1) is 0 Å². The molecule has 1 saturated carbocycles. The Hall–Kier alpha value is -0.820. The van der Waals surface area contributed by atoms with Crippen LogP contribution in [0.3, 0.4) is 0 Å². The Kier molecular flexibility index (Phi) is 5.25. The average Bonchev–Trinajstić information content (AvgIpc) is 2.40. The van der Waals surface area contributed by atoms with Crippen molar-refractivity contribution in [3.63, 3.8) is 0 Å². The first-order chi connectivity index (χ1) is 8.75. The summed E-state index contributed by atoms with van der Waals surface area (Å²) in [6.45, 7) is 2.18. The number of hydrogen-bond donors (Lipinski definition) is 1. The van der Waals surface area contributed by atoms with E-state index in [9.17, 15) is 0 Å². The van der Waals surface area contributed by atoms with E-state index in [-0.39, 0.29) is 0 Å². The van der Waals surface area contributed by atoms with Gasteiger partial charge in [-0.3, -0.25) is 0 Å². The van der Waals surface area contributed by atoms with Crippen LogP contribution in [0.5, 0.6) is 0 Å². The van der Waals surface area contributed by atoms with E-state index >= 15 is 0 Å². The van der Waals surface area contributed by atoms with Gasteiger partial charge in [-0.2, -0.15) is 0 Å². The largest absolute Gasteiger partial charge is 0.327 e. The molecule has 0 bridgehead atoms. The maximum atomic E-state index is 6.29. The summed E-state index contributed by atoms with van der Waals surface area (Å²) in [4.78, 5) is 0. The monoisotopic (exact) mass is 245 g/mol. The summed E-state index contributed by atoms with van der Waals surface area (Å²) >= 11 is 0. The number of rotatable bonds is 5. The molecule has 1 fully saturated rings. The number of aryl methyl sites for hydroxylation is 1. The highest BCUT2D eigenvalue weighted by Gasteiger charge is 2.15. The second-order valence-corrected chi connectivity index (χ2v) is 5.97. The van der Waals surface area contributed by atoms with Crippen LogP contribution in [0.2, 0.25) is 0 Å². The molecule has 1 aliphatic rings. The lowest BCUT2D eigenvalue weighted by Gasteiger charge is -2.23. The van der Waals surface area contributed by atoms with E-state index < -0.39 is 0 Å². The highest BCUT2D eigenvalue weighted by molar-refractivity contribution is 5.26. The van der Waals surface area contributed by atoms with Crippen LogP contribution in [0.4, 0.5) is 0 Å².